The van der Waals surface area contributed by atoms with Gasteiger partial charge in [0.05, 0.1) is 18.2 Å². The van der Waals surface area contributed by atoms with E-state index in [2.05, 4.69) is 20.6 Å². The molecule has 3 rings (SSSR count). The molecule has 23 heavy (non-hydrogen) atoms. The molecule has 1 aromatic carbocycles. The van der Waals surface area contributed by atoms with Crippen molar-refractivity contribution in [3.8, 4) is 5.69 Å². The zero-order valence-electron chi connectivity index (χ0n) is 13.3. The maximum atomic E-state index is 12.2. The van der Waals surface area contributed by atoms with Crippen molar-refractivity contribution in [2.24, 2.45) is 0 Å². The van der Waals surface area contributed by atoms with E-state index in [0.717, 1.165) is 22.8 Å². The molecule has 0 fully saturated rings. The number of imidazole rings is 1. The van der Waals surface area contributed by atoms with Gasteiger partial charge in [0.1, 0.15) is 5.69 Å². The highest BCUT2D eigenvalue weighted by Crippen LogP contribution is 2.17. The van der Waals surface area contributed by atoms with Crippen molar-refractivity contribution in [2.75, 3.05) is 5.32 Å². The Hall–Kier alpha value is -2.96. The third-order valence-electron chi connectivity index (χ3n) is 3.81. The first-order chi connectivity index (χ1) is 11.1. The lowest BCUT2D eigenvalue weighted by Gasteiger charge is -2.09. The van der Waals surface area contributed by atoms with E-state index in [9.17, 15) is 4.79 Å². The van der Waals surface area contributed by atoms with E-state index in [4.69, 9.17) is 0 Å². The molecule has 0 unspecified atom stereocenters. The fourth-order valence-electron chi connectivity index (χ4n) is 2.33. The first kappa shape index (κ1) is 15.0. The van der Waals surface area contributed by atoms with Crippen molar-refractivity contribution in [2.45, 2.75) is 27.3 Å². The van der Waals surface area contributed by atoms with Crippen LogP contribution < -0.4 is 5.32 Å². The van der Waals surface area contributed by atoms with Gasteiger partial charge in [-0.2, -0.15) is 0 Å². The summed E-state index contributed by atoms with van der Waals surface area (Å²) in [7, 11) is 0. The van der Waals surface area contributed by atoms with Crippen LogP contribution in [-0.4, -0.2) is 30.5 Å². The third kappa shape index (κ3) is 2.85. The number of hydrogen-bond donors (Lipinski definition) is 1. The molecule has 0 bridgehead atoms. The number of carbonyl (C=O) groups is 1. The summed E-state index contributed by atoms with van der Waals surface area (Å²) in [6.45, 7) is 6.51. The van der Waals surface area contributed by atoms with Crippen LogP contribution in [-0.2, 0) is 6.54 Å². The lowest BCUT2D eigenvalue weighted by Crippen LogP contribution is -2.17. The summed E-state index contributed by atoms with van der Waals surface area (Å²) in [4.78, 5) is 16.5. The molecule has 0 aliphatic carbocycles. The van der Waals surface area contributed by atoms with E-state index < -0.39 is 0 Å². The van der Waals surface area contributed by atoms with Crippen LogP contribution >= 0.6 is 0 Å². The molecule has 0 saturated carbocycles. The second-order valence-corrected chi connectivity index (χ2v) is 5.22. The Bertz CT molecular complexity index is 831. The minimum atomic E-state index is -0.223. The topological polar surface area (TPSA) is 77.6 Å². The monoisotopic (exact) mass is 310 g/mol. The Morgan fingerprint density at radius 3 is 2.57 bits per heavy atom. The summed E-state index contributed by atoms with van der Waals surface area (Å²) in [5.74, 6) is -0.223. The van der Waals surface area contributed by atoms with E-state index in [0.29, 0.717) is 12.2 Å². The van der Waals surface area contributed by atoms with Gasteiger partial charge in [0.2, 0.25) is 0 Å². The Labute approximate surface area is 134 Å². The highest BCUT2D eigenvalue weighted by Gasteiger charge is 2.12. The summed E-state index contributed by atoms with van der Waals surface area (Å²) in [5.41, 5.74) is 4.26. The minimum Gasteiger partial charge on any atom is -0.321 e. The molecule has 3 aromatic rings. The summed E-state index contributed by atoms with van der Waals surface area (Å²) in [6.07, 6.45) is 3.26. The molecule has 7 nitrogen and oxygen atoms in total. The number of benzene rings is 1. The number of hydrogen-bond acceptors (Lipinski definition) is 4. The van der Waals surface area contributed by atoms with Gasteiger partial charge in [0, 0.05) is 23.6 Å². The molecule has 0 aliphatic rings. The number of aryl methyl sites for hydroxylation is 2. The molecule has 0 aliphatic heterocycles. The summed E-state index contributed by atoms with van der Waals surface area (Å²) in [6, 6.07) is 7.61. The smallest absolute Gasteiger partial charge is 0.275 e. The normalized spacial score (nSPS) is 10.7. The molecule has 0 atom stereocenters. The van der Waals surface area contributed by atoms with Gasteiger partial charge < -0.3 is 9.88 Å². The van der Waals surface area contributed by atoms with Crippen LogP contribution in [0.4, 0.5) is 5.69 Å². The number of rotatable bonds is 4. The molecule has 0 saturated heterocycles. The number of nitrogens with one attached hydrogen (secondary N) is 1. The minimum absolute atomic E-state index is 0.223. The van der Waals surface area contributed by atoms with Gasteiger partial charge in [-0.15, -0.1) is 5.10 Å². The quantitative estimate of drug-likeness (QED) is 0.802. The van der Waals surface area contributed by atoms with Gasteiger partial charge in [-0.25, -0.2) is 9.67 Å². The van der Waals surface area contributed by atoms with Crippen molar-refractivity contribution in [3.05, 3.63) is 53.9 Å². The molecular weight excluding hydrogens is 292 g/mol. The average molecular weight is 310 g/mol. The highest BCUT2D eigenvalue weighted by molar-refractivity contribution is 6.02. The van der Waals surface area contributed by atoms with Crippen LogP contribution in [0.1, 0.15) is 28.8 Å². The van der Waals surface area contributed by atoms with E-state index >= 15 is 0 Å². The third-order valence-corrected chi connectivity index (χ3v) is 3.81. The molecular formula is C16H18N6O. The van der Waals surface area contributed by atoms with Gasteiger partial charge in [-0.05, 0) is 45.0 Å². The highest BCUT2D eigenvalue weighted by atomic mass is 16.2. The van der Waals surface area contributed by atoms with E-state index in [1.54, 1.807) is 11.0 Å². The van der Waals surface area contributed by atoms with Gasteiger partial charge in [0.25, 0.3) is 5.91 Å². The number of carbonyl (C=O) groups excluding carboxylic acids is 1. The molecule has 1 N–H and O–H groups in total. The van der Waals surface area contributed by atoms with Gasteiger partial charge in [-0.3, -0.25) is 4.79 Å². The first-order valence-electron chi connectivity index (χ1n) is 7.41. The molecule has 0 radical (unpaired) electrons. The van der Waals surface area contributed by atoms with Crippen molar-refractivity contribution in [1.82, 2.24) is 24.5 Å². The number of nitrogens with zero attached hydrogens (tertiary/aromatic N) is 5. The van der Waals surface area contributed by atoms with E-state index in [1.165, 1.54) is 6.20 Å². The number of amides is 1. The standard InChI is InChI=1S/C16H18N6O/c1-4-22-15(9-18-20-22)16(23)19-13-5-7-14(8-6-13)21-10-17-11(2)12(21)3/h5-10H,4H2,1-3H3,(H,19,23). The van der Waals surface area contributed by atoms with Crippen LogP contribution in [0.15, 0.2) is 36.8 Å². The maximum Gasteiger partial charge on any atom is 0.275 e. The van der Waals surface area contributed by atoms with Crippen LogP contribution in [0, 0.1) is 13.8 Å². The molecule has 2 heterocycles. The second-order valence-electron chi connectivity index (χ2n) is 5.22. The molecule has 118 valence electrons. The molecule has 7 heteroatoms. The van der Waals surface area contributed by atoms with Gasteiger partial charge in [-0.1, -0.05) is 5.21 Å². The van der Waals surface area contributed by atoms with Gasteiger partial charge >= 0.3 is 0 Å². The van der Waals surface area contributed by atoms with E-state index in [-0.39, 0.29) is 5.91 Å². The Morgan fingerprint density at radius 1 is 1.22 bits per heavy atom. The number of aromatic nitrogens is 5. The van der Waals surface area contributed by atoms with Crippen LogP contribution in [0.2, 0.25) is 0 Å². The average Bonchev–Trinajstić information content (AvgIpc) is 3.16. The Morgan fingerprint density at radius 2 is 1.96 bits per heavy atom. The van der Waals surface area contributed by atoms with Crippen molar-refractivity contribution in [1.29, 1.82) is 0 Å². The lowest BCUT2D eigenvalue weighted by atomic mass is 10.2. The van der Waals surface area contributed by atoms with Crippen LogP contribution in [0.5, 0.6) is 0 Å². The zero-order valence-corrected chi connectivity index (χ0v) is 13.3. The largest absolute Gasteiger partial charge is 0.321 e. The van der Waals surface area contributed by atoms with Gasteiger partial charge in [0.15, 0.2) is 0 Å². The van der Waals surface area contributed by atoms with E-state index in [1.807, 2.05) is 49.6 Å². The van der Waals surface area contributed by atoms with Crippen LogP contribution in [0.3, 0.4) is 0 Å². The lowest BCUT2D eigenvalue weighted by molar-refractivity contribution is 0.101. The van der Waals surface area contributed by atoms with Crippen molar-refractivity contribution in [3.63, 3.8) is 0 Å². The summed E-state index contributed by atoms with van der Waals surface area (Å²) in [5, 5.41) is 10.5. The van der Waals surface area contributed by atoms with Crippen molar-refractivity contribution >= 4 is 11.6 Å². The van der Waals surface area contributed by atoms with Crippen molar-refractivity contribution < 1.29 is 4.79 Å². The first-order valence-corrected chi connectivity index (χ1v) is 7.41. The fourth-order valence-corrected chi connectivity index (χ4v) is 2.33. The Balaban J connectivity index is 1.78. The molecule has 0 spiro atoms. The predicted molar refractivity (Wildman–Crippen MR) is 86.7 cm³/mol. The fraction of sp³-hybridized carbons (Fsp3) is 0.250. The van der Waals surface area contributed by atoms with Crippen LogP contribution in [0.25, 0.3) is 5.69 Å². The SMILES string of the molecule is CCn1nncc1C(=O)Nc1ccc(-n2cnc(C)c2C)cc1. The number of anilines is 1. The zero-order chi connectivity index (χ0) is 16.4. The predicted octanol–water partition coefficient (Wildman–Crippen LogP) is 2.35. The molecule has 1 amide bonds. The summed E-state index contributed by atoms with van der Waals surface area (Å²) < 4.78 is 3.57. The Kier molecular flexibility index (Phi) is 3.92. The second kappa shape index (κ2) is 6.04. The maximum absolute atomic E-state index is 12.2. The molecule has 2 aromatic heterocycles. The summed E-state index contributed by atoms with van der Waals surface area (Å²) >= 11 is 0.